The smallest absolute Gasteiger partial charge is 0.265 e. The molecule has 0 radical (unpaired) electrons. The monoisotopic (exact) mass is 428 g/mol. The number of carbonyl (C=O) groups is 1. The van der Waals surface area contributed by atoms with Crippen LogP contribution in [0.25, 0.3) is 0 Å². The fourth-order valence-electron chi connectivity index (χ4n) is 2.23. The van der Waals surface area contributed by atoms with Crippen molar-refractivity contribution in [2.24, 2.45) is 5.10 Å². The average Bonchev–Trinajstić information content (AvgIpc) is 3.09. The molecule has 0 fully saturated rings. The van der Waals surface area contributed by atoms with Crippen molar-refractivity contribution in [2.75, 3.05) is 0 Å². The largest absolute Gasteiger partial charge is 0.320 e. The highest BCUT2D eigenvalue weighted by Crippen LogP contribution is 2.18. The Morgan fingerprint density at radius 1 is 1.30 bits per heavy atom. The second-order valence-corrected chi connectivity index (χ2v) is 6.31. The molecule has 2 heterocycles. The highest BCUT2D eigenvalue weighted by molar-refractivity contribution is 9.10. The number of benzene rings is 1. The average molecular weight is 429 g/mol. The summed E-state index contributed by atoms with van der Waals surface area (Å²) in [6.45, 7) is 0.290. The third kappa shape index (κ3) is 4.82. The fraction of sp³-hybridized carbons (Fsp3) is 0.0588. The number of nitrogens with one attached hydrogen (secondary N) is 1. The van der Waals surface area contributed by atoms with Gasteiger partial charge in [0.2, 0.25) is 5.69 Å². The maximum atomic E-state index is 12.2. The van der Waals surface area contributed by atoms with E-state index in [0.29, 0.717) is 12.2 Å². The Morgan fingerprint density at radius 3 is 2.74 bits per heavy atom. The number of halogens is 1. The second kappa shape index (κ2) is 8.32. The Labute approximate surface area is 162 Å². The number of hydrogen-bond acceptors (Lipinski definition) is 6. The van der Waals surface area contributed by atoms with Gasteiger partial charge in [-0.25, -0.2) is 5.43 Å². The number of amides is 1. The number of carbonyl (C=O) groups excluding carboxylic acids is 1. The van der Waals surface area contributed by atoms with Crippen LogP contribution in [0.2, 0.25) is 0 Å². The first-order valence-electron chi connectivity index (χ1n) is 7.73. The molecule has 1 aromatic carbocycles. The van der Waals surface area contributed by atoms with Crippen molar-refractivity contribution in [1.82, 2.24) is 20.2 Å². The highest BCUT2D eigenvalue weighted by Gasteiger charge is 2.25. The molecule has 3 rings (SSSR count). The summed E-state index contributed by atoms with van der Waals surface area (Å²) >= 11 is 3.34. The number of hydrazone groups is 1. The Balaban J connectivity index is 1.76. The van der Waals surface area contributed by atoms with Gasteiger partial charge in [0.05, 0.1) is 23.4 Å². The molecule has 0 spiro atoms. The zero-order valence-corrected chi connectivity index (χ0v) is 15.4. The zero-order valence-electron chi connectivity index (χ0n) is 13.8. The summed E-state index contributed by atoms with van der Waals surface area (Å²) < 4.78 is 2.27. The van der Waals surface area contributed by atoms with Crippen LogP contribution in [0.4, 0.5) is 5.69 Å². The lowest BCUT2D eigenvalue weighted by Crippen LogP contribution is -2.20. The zero-order chi connectivity index (χ0) is 19.2. The quantitative estimate of drug-likeness (QED) is 0.368. The molecule has 0 aliphatic rings. The van der Waals surface area contributed by atoms with E-state index in [-0.39, 0.29) is 5.69 Å². The van der Waals surface area contributed by atoms with E-state index in [1.54, 1.807) is 24.4 Å². The molecule has 27 heavy (non-hydrogen) atoms. The number of nitrogens with zero attached hydrogens (tertiary/aromatic N) is 5. The van der Waals surface area contributed by atoms with Crippen LogP contribution in [-0.2, 0) is 6.54 Å². The van der Waals surface area contributed by atoms with E-state index in [0.717, 1.165) is 10.0 Å². The second-order valence-electron chi connectivity index (χ2n) is 5.40. The van der Waals surface area contributed by atoms with Gasteiger partial charge in [-0.3, -0.25) is 24.6 Å². The van der Waals surface area contributed by atoms with E-state index >= 15 is 0 Å². The molecule has 9 nitrogen and oxygen atoms in total. The molecular formula is C17H13BrN6O3. The molecule has 0 aliphatic heterocycles. The van der Waals surface area contributed by atoms with Crippen molar-refractivity contribution in [3.05, 3.63) is 86.4 Å². The van der Waals surface area contributed by atoms with Crippen LogP contribution in [0.15, 0.2) is 64.4 Å². The minimum atomic E-state index is -0.775. The minimum absolute atomic E-state index is 0.290. The lowest BCUT2D eigenvalue weighted by molar-refractivity contribution is -0.385. The Bertz CT molecular complexity index is 986. The normalized spacial score (nSPS) is 10.9. The van der Waals surface area contributed by atoms with Crippen molar-refractivity contribution < 1.29 is 9.72 Å². The molecule has 10 heteroatoms. The van der Waals surface area contributed by atoms with E-state index in [4.69, 9.17) is 0 Å². The van der Waals surface area contributed by atoms with E-state index in [2.05, 4.69) is 36.5 Å². The van der Waals surface area contributed by atoms with Crippen molar-refractivity contribution in [2.45, 2.75) is 6.54 Å². The first-order chi connectivity index (χ1) is 13.0. The summed E-state index contributed by atoms with van der Waals surface area (Å²) in [5.41, 5.74) is 2.95. The van der Waals surface area contributed by atoms with Crippen LogP contribution in [-0.4, -0.2) is 31.8 Å². The molecule has 2 aromatic heterocycles. The van der Waals surface area contributed by atoms with Crippen LogP contribution in [0, 0.1) is 10.1 Å². The van der Waals surface area contributed by atoms with E-state index in [9.17, 15) is 14.9 Å². The van der Waals surface area contributed by atoms with Crippen LogP contribution < -0.4 is 5.43 Å². The first-order valence-corrected chi connectivity index (χ1v) is 8.53. The summed E-state index contributed by atoms with van der Waals surface area (Å²) in [7, 11) is 0. The standard InChI is InChI=1S/C17H13BrN6O3/c18-13-6-4-12(5-7-13)10-23-11-15(24(26)27)16(22-23)17(25)21-20-9-14-3-1-2-8-19-14/h1-9,11H,10H2,(H,21,25). The fourth-order valence-corrected chi connectivity index (χ4v) is 2.49. The predicted molar refractivity (Wildman–Crippen MR) is 101 cm³/mol. The molecule has 0 bridgehead atoms. The SMILES string of the molecule is O=C(NN=Cc1ccccn1)c1nn(Cc2ccc(Br)cc2)cc1[N+](=O)[O-]. The van der Waals surface area contributed by atoms with Gasteiger partial charge in [-0.05, 0) is 29.8 Å². The molecule has 136 valence electrons. The maximum absolute atomic E-state index is 12.2. The van der Waals surface area contributed by atoms with Crippen LogP contribution in [0.3, 0.4) is 0 Å². The van der Waals surface area contributed by atoms with Crippen molar-refractivity contribution >= 4 is 33.7 Å². The summed E-state index contributed by atoms with van der Waals surface area (Å²) in [4.78, 5) is 26.9. The molecule has 0 saturated heterocycles. The van der Waals surface area contributed by atoms with Crippen LogP contribution in [0.1, 0.15) is 21.7 Å². The lowest BCUT2D eigenvalue weighted by Gasteiger charge is -2.01. The van der Waals surface area contributed by atoms with Gasteiger partial charge in [0, 0.05) is 10.7 Å². The molecule has 0 unspecified atom stereocenters. The summed E-state index contributed by atoms with van der Waals surface area (Å²) in [6.07, 6.45) is 4.14. The van der Waals surface area contributed by atoms with Gasteiger partial charge in [-0.2, -0.15) is 10.2 Å². The Kier molecular flexibility index (Phi) is 5.67. The van der Waals surface area contributed by atoms with Crippen molar-refractivity contribution in [3.8, 4) is 0 Å². The molecule has 0 saturated carbocycles. The summed E-state index contributed by atoms with van der Waals surface area (Å²) in [5, 5.41) is 19.0. The molecular weight excluding hydrogens is 416 g/mol. The van der Waals surface area contributed by atoms with Crippen LogP contribution in [0.5, 0.6) is 0 Å². The summed E-state index contributed by atoms with van der Waals surface area (Å²) in [6, 6.07) is 12.6. The Morgan fingerprint density at radius 2 is 2.07 bits per heavy atom. The Hall–Kier alpha value is -3.40. The highest BCUT2D eigenvalue weighted by atomic mass is 79.9. The van der Waals surface area contributed by atoms with Gasteiger partial charge in [0.15, 0.2) is 0 Å². The van der Waals surface area contributed by atoms with Gasteiger partial charge < -0.3 is 0 Å². The number of aromatic nitrogens is 3. The topological polar surface area (TPSA) is 115 Å². The molecule has 0 atom stereocenters. The van der Waals surface area contributed by atoms with Gasteiger partial charge in [0.25, 0.3) is 5.91 Å². The molecule has 1 N–H and O–H groups in total. The number of pyridine rings is 1. The number of nitro groups is 1. The first kappa shape index (κ1) is 18.4. The van der Waals surface area contributed by atoms with E-state index in [1.165, 1.54) is 17.1 Å². The van der Waals surface area contributed by atoms with Gasteiger partial charge in [-0.1, -0.05) is 34.1 Å². The lowest BCUT2D eigenvalue weighted by atomic mass is 10.2. The number of rotatable bonds is 6. The predicted octanol–water partition coefficient (Wildman–Crippen LogP) is 2.76. The van der Waals surface area contributed by atoms with Crippen molar-refractivity contribution in [1.29, 1.82) is 0 Å². The van der Waals surface area contributed by atoms with E-state index in [1.807, 2.05) is 24.3 Å². The van der Waals surface area contributed by atoms with Crippen molar-refractivity contribution in [3.63, 3.8) is 0 Å². The maximum Gasteiger partial charge on any atom is 0.320 e. The van der Waals surface area contributed by atoms with E-state index < -0.39 is 16.5 Å². The number of hydrogen-bond donors (Lipinski definition) is 1. The van der Waals surface area contributed by atoms with Gasteiger partial charge in [0.1, 0.15) is 6.20 Å². The van der Waals surface area contributed by atoms with Gasteiger partial charge in [-0.15, -0.1) is 0 Å². The molecule has 0 aliphatic carbocycles. The van der Waals surface area contributed by atoms with Gasteiger partial charge >= 0.3 is 5.69 Å². The minimum Gasteiger partial charge on any atom is -0.265 e. The third-order valence-electron chi connectivity index (χ3n) is 3.46. The molecule has 1 amide bonds. The van der Waals surface area contributed by atoms with Crippen LogP contribution >= 0.6 is 15.9 Å². The summed E-state index contributed by atoms with van der Waals surface area (Å²) in [5.74, 6) is -0.775. The molecule has 3 aromatic rings. The third-order valence-corrected chi connectivity index (χ3v) is 3.99.